The molecule has 4 rings (SSSR count). The lowest BCUT2D eigenvalue weighted by molar-refractivity contribution is -0.119. The zero-order valence-electron chi connectivity index (χ0n) is 16.7. The summed E-state index contributed by atoms with van der Waals surface area (Å²) in [7, 11) is -3.65. The summed E-state index contributed by atoms with van der Waals surface area (Å²) >= 11 is 1.19. The highest BCUT2D eigenvalue weighted by atomic mass is 32.2. The Bertz CT molecular complexity index is 1130. The molecule has 0 saturated heterocycles. The van der Waals surface area contributed by atoms with E-state index in [1.807, 2.05) is 0 Å². The Kier molecular flexibility index (Phi) is 6.57. The molecule has 0 spiro atoms. The number of carbonyl (C=O) groups excluding carboxylic acids is 1. The van der Waals surface area contributed by atoms with Crippen molar-refractivity contribution in [3.8, 4) is 11.5 Å². The summed E-state index contributed by atoms with van der Waals surface area (Å²) in [6.07, 6.45) is 4.41. The van der Waals surface area contributed by atoms with Crippen LogP contribution in [0.2, 0.25) is 0 Å². The van der Waals surface area contributed by atoms with Crippen LogP contribution in [0.25, 0.3) is 11.5 Å². The minimum Gasteiger partial charge on any atom is -0.411 e. The molecular weight excluding hydrogens is 436 g/mol. The second-order valence-corrected chi connectivity index (χ2v) is 9.82. The third-order valence-electron chi connectivity index (χ3n) is 4.89. The van der Waals surface area contributed by atoms with Crippen molar-refractivity contribution < 1.29 is 17.6 Å². The van der Waals surface area contributed by atoms with Crippen LogP contribution in [-0.4, -0.2) is 36.3 Å². The fraction of sp³-hybridized carbons (Fsp3) is 0.286. The molecule has 8 nitrogen and oxygen atoms in total. The molecule has 162 valence electrons. The Labute approximate surface area is 184 Å². The lowest BCUT2D eigenvalue weighted by atomic mass is 10.2. The zero-order valence-corrected chi connectivity index (χ0v) is 18.3. The SMILES string of the molecule is O=C(CSc1nnc(-c2ccc(NS(=O)(=O)c3ccccc3)cc2)o1)NC1CCCC1. The third-order valence-corrected chi connectivity index (χ3v) is 7.11. The maximum absolute atomic E-state index is 12.4. The number of hydrogen-bond acceptors (Lipinski definition) is 7. The average molecular weight is 459 g/mol. The molecule has 31 heavy (non-hydrogen) atoms. The van der Waals surface area contributed by atoms with Gasteiger partial charge in [-0.25, -0.2) is 8.42 Å². The second-order valence-electron chi connectivity index (χ2n) is 7.21. The van der Waals surface area contributed by atoms with Crippen molar-refractivity contribution in [3.63, 3.8) is 0 Å². The third kappa shape index (κ3) is 5.65. The van der Waals surface area contributed by atoms with Crippen LogP contribution in [0, 0.1) is 0 Å². The van der Waals surface area contributed by atoms with Gasteiger partial charge in [0, 0.05) is 17.3 Å². The molecule has 0 aliphatic heterocycles. The van der Waals surface area contributed by atoms with E-state index in [9.17, 15) is 13.2 Å². The number of nitrogens with one attached hydrogen (secondary N) is 2. The van der Waals surface area contributed by atoms with Crippen LogP contribution in [-0.2, 0) is 14.8 Å². The van der Waals surface area contributed by atoms with Crippen molar-refractivity contribution in [2.24, 2.45) is 0 Å². The summed E-state index contributed by atoms with van der Waals surface area (Å²) in [4.78, 5) is 12.2. The van der Waals surface area contributed by atoms with E-state index in [-0.39, 0.29) is 22.6 Å². The molecule has 3 aromatic rings. The lowest BCUT2D eigenvalue weighted by Crippen LogP contribution is -2.33. The molecule has 1 amide bonds. The summed E-state index contributed by atoms with van der Waals surface area (Å²) in [6.45, 7) is 0. The number of sulfonamides is 1. The first-order chi connectivity index (χ1) is 15.0. The van der Waals surface area contributed by atoms with Gasteiger partial charge < -0.3 is 9.73 Å². The van der Waals surface area contributed by atoms with Crippen LogP contribution in [0.1, 0.15) is 25.7 Å². The minimum absolute atomic E-state index is 0.0355. The van der Waals surface area contributed by atoms with Crippen LogP contribution < -0.4 is 10.0 Å². The number of hydrogen-bond donors (Lipinski definition) is 2. The van der Waals surface area contributed by atoms with Crippen LogP contribution in [0.3, 0.4) is 0 Å². The monoisotopic (exact) mass is 458 g/mol. The normalized spacial score (nSPS) is 14.5. The number of rotatable bonds is 8. The van der Waals surface area contributed by atoms with Crippen molar-refractivity contribution >= 4 is 33.4 Å². The van der Waals surface area contributed by atoms with Crippen molar-refractivity contribution in [2.45, 2.75) is 41.8 Å². The second kappa shape index (κ2) is 9.52. The standard InChI is InChI=1S/C21H22N4O4S2/c26-19(22-16-6-4-5-7-16)14-30-21-24-23-20(29-21)15-10-12-17(13-11-15)25-31(27,28)18-8-2-1-3-9-18/h1-3,8-13,16,25H,4-7,14H2,(H,22,26). The van der Waals surface area contributed by atoms with Crippen molar-refractivity contribution in [1.82, 2.24) is 15.5 Å². The predicted octanol–water partition coefficient (Wildman–Crippen LogP) is 3.69. The van der Waals surface area contributed by atoms with E-state index in [1.54, 1.807) is 42.5 Å². The smallest absolute Gasteiger partial charge is 0.277 e. The van der Waals surface area contributed by atoms with E-state index in [0.29, 0.717) is 22.4 Å². The lowest BCUT2D eigenvalue weighted by Gasteiger charge is -2.10. The average Bonchev–Trinajstić information content (AvgIpc) is 3.45. The van der Waals surface area contributed by atoms with E-state index >= 15 is 0 Å². The van der Waals surface area contributed by atoms with E-state index in [1.165, 1.54) is 23.9 Å². The molecule has 1 fully saturated rings. The molecule has 0 radical (unpaired) electrons. The van der Waals surface area contributed by atoms with E-state index < -0.39 is 10.0 Å². The largest absolute Gasteiger partial charge is 0.411 e. The minimum atomic E-state index is -3.65. The molecule has 1 aromatic heterocycles. The topological polar surface area (TPSA) is 114 Å². The zero-order chi connectivity index (χ0) is 21.7. The summed E-state index contributed by atoms with van der Waals surface area (Å²) < 4.78 is 33.0. The number of benzene rings is 2. The molecule has 2 N–H and O–H groups in total. The van der Waals surface area contributed by atoms with Crippen LogP contribution in [0.15, 0.2) is 69.1 Å². The quantitative estimate of drug-likeness (QED) is 0.495. The Morgan fingerprint density at radius 2 is 1.74 bits per heavy atom. The predicted molar refractivity (Wildman–Crippen MR) is 118 cm³/mol. The Morgan fingerprint density at radius 1 is 1.03 bits per heavy atom. The summed E-state index contributed by atoms with van der Waals surface area (Å²) in [5.41, 5.74) is 1.07. The van der Waals surface area contributed by atoms with Gasteiger partial charge in [0.2, 0.25) is 11.8 Å². The highest BCUT2D eigenvalue weighted by Gasteiger charge is 2.18. The van der Waals surface area contributed by atoms with E-state index in [0.717, 1.165) is 25.7 Å². The first-order valence-corrected chi connectivity index (χ1v) is 12.4. The van der Waals surface area contributed by atoms with Crippen molar-refractivity contribution in [2.75, 3.05) is 10.5 Å². The highest BCUT2D eigenvalue weighted by molar-refractivity contribution is 7.99. The number of anilines is 1. The Morgan fingerprint density at radius 3 is 2.45 bits per heavy atom. The van der Waals surface area contributed by atoms with Gasteiger partial charge in [-0.05, 0) is 49.2 Å². The first-order valence-electron chi connectivity index (χ1n) is 9.93. The molecule has 10 heteroatoms. The highest BCUT2D eigenvalue weighted by Crippen LogP contribution is 2.25. The van der Waals surface area contributed by atoms with Crippen LogP contribution in [0.5, 0.6) is 0 Å². The van der Waals surface area contributed by atoms with Gasteiger partial charge in [0.25, 0.3) is 15.2 Å². The maximum Gasteiger partial charge on any atom is 0.277 e. The molecule has 0 unspecified atom stereocenters. The Hall–Kier alpha value is -2.85. The number of nitrogens with zero attached hydrogens (tertiary/aromatic N) is 2. The number of thioether (sulfide) groups is 1. The van der Waals surface area contributed by atoms with Crippen molar-refractivity contribution in [1.29, 1.82) is 0 Å². The van der Waals surface area contributed by atoms with Gasteiger partial charge in [-0.1, -0.05) is 42.8 Å². The van der Waals surface area contributed by atoms with Gasteiger partial charge in [0.15, 0.2) is 0 Å². The van der Waals surface area contributed by atoms with Crippen LogP contribution >= 0.6 is 11.8 Å². The van der Waals surface area contributed by atoms with Crippen LogP contribution in [0.4, 0.5) is 5.69 Å². The number of aromatic nitrogens is 2. The van der Waals surface area contributed by atoms with Gasteiger partial charge in [0.05, 0.1) is 10.6 Å². The number of carbonyl (C=O) groups is 1. The molecular formula is C21H22N4O4S2. The summed E-state index contributed by atoms with van der Waals surface area (Å²) in [6, 6.07) is 15.1. The maximum atomic E-state index is 12.4. The molecule has 1 aliphatic rings. The molecule has 1 aliphatic carbocycles. The first kappa shape index (κ1) is 21.4. The fourth-order valence-corrected chi connectivity index (χ4v) is 5.00. The van der Waals surface area contributed by atoms with Gasteiger partial charge in [-0.15, -0.1) is 10.2 Å². The van der Waals surface area contributed by atoms with Gasteiger partial charge >= 0.3 is 0 Å². The molecule has 1 saturated carbocycles. The van der Waals surface area contributed by atoms with Crippen molar-refractivity contribution in [3.05, 3.63) is 54.6 Å². The summed E-state index contributed by atoms with van der Waals surface area (Å²) in [5.74, 6) is 0.487. The number of amides is 1. The molecule has 0 atom stereocenters. The Balaban J connectivity index is 1.34. The molecule has 1 heterocycles. The van der Waals surface area contributed by atoms with Gasteiger partial charge in [-0.3, -0.25) is 9.52 Å². The van der Waals surface area contributed by atoms with E-state index in [4.69, 9.17) is 4.42 Å². The molecule has 2 aromatic carbocycles. The van der Waals surface area contributed by atoms with E-state index in [2.05, 4.69) is 20.2 Å². The summed E-state index contributed by atoms with van der Waals surface area (Å²) in [5, 5.41) is 11.3. The fourth-order valence-electron chi connectivity index (χ4n) is 3.35. The van der Waals surface area contributed by atoms with Gasteiger partial charge in [-0.2, -0.15) is 0 Å². The molecule has 0 bridgehead atoms. The van der Waals surface area contributed by atoms with Gasteiger partial charge in [0.1, 0.15) is 0 Å².